The van der Waals surface area contributed by atoms with Gasteiger partial charge in [0.05, 0.1) is 6.26 Å². The molecule has 0 bridgehead atoms. The third-order valence-corrected chi connectivity index (χ3v) is 3.96. The summed E-state index contributed by atoms with van der Waals surface area (Å²) < 4.78 is 11.3. The fourth-order valence-corrected chi connectivity index (χ4v) is 2.30. The summed E-state index contributed by atoms with van der Waals surface area (Å²) in [6, 6.07) is 5.89. The van der Waals surface area contributed by atoms with Gasteiger partial charge in [0.25, 0.3) is 0 Å². The van der Waals surface area contributed by atoms with Crippen LogP contribution in [0.4, 0.5) is 0 Å². The zero-order valence-electron chi connectivity index (χ0n) is 12.8. The normalized spacial score (nSPS) is 10.9. The molecule has 0 spiro atoms. The number of rotatable bonds is 7. The maximum atomic E-state index is 6.16. The van der Waals surface area contributed by atoms with E-state index in [1.54, 1.807) is 6.26 Å². The lowest BCUT2D eigenvalue weighted by atomic mass is 10.1. The predicted molar refractivity (Wildman–Crippen MR) is 86.0 cm³/mol. The highest BCUT2D eigenvalue weighted by molar-refractivity contribution is 6.32. The minimum atomic E-state index is 0.427. The summed E-state index contributed by atoms with van der Waals surface area (Å²) >= 11 is 6.16. The van der Waals surface area contributed by atoms with Crippen LogP contribution in [0.25, 0.3) is 0 Å². The van der Waals surface area contributed by atoms with E-state index in [4.69, 9.17) is 20.8 Å². The van der Waals surface area contributed by atoms with Gasteiger partial charge < -0.3 is 14.5 Å². The molecule has 0 atom stereocenters. The SMILES string of the molecule is CCCNCc1ccoc1COc1cc(C)c(Cl)c(C)c1. The van der Waals surface area contributed by atoms with Crippen LogP contribution in [0.1, 0.15) is 35.8 Å². The van der Waals surface area contributed by atoms with Crippen molar-refractivity contribution < 1.29 is 9.15 Å². The van der Waals surface area contributed by atoms with Crippen LogP contribution in [-0.4, -0.2) is 6.54 Å². The molecule has 0 aliphatic rings. The van der Waals surface area contributed by atoms with Crippen molar-refractivity contribution in [1.82, 2.24) is 5.32 Å². The molecule has 1 heterocycles. The molecule has 2 aromatic rings. The summed E-state index contributed by atoms with van der Waals surface area (Å²) in [5.41, 5.74) is 3.19. The molecule has 1 aromatic carbocycles. The van der Waals surface area contributed by atoms with Crippen LogP contribution in [0.2, 0.25) is 5.02 Å². The molecule has 0 unspecified atom stereocenters. The number of benzene rings is 1. The monoisotopic (exact) mass is 307 g/mol. The maximum absolute atomic E-state index is 6.16. The van der Waals surface area contributed by atoms with Crippen molar-refractivity contribution in [2.24, 2.45) is 0 Å². The van der Waals surface area contributed by atoms with Gasteiger partial charge >= 0.3 is 0 Å². The minimum Gasteiger partial charge on any atom is -0.486 e. The van der Waals surface area contributed by atoms with Gasteiger partial charge in [0.1, 0.15) is 18.1 Å². The quantitative estimate of drug-likeness (QED) is 0.757. The molecule has 0 fully saturated rings. The van der Waals surface area contributed by atoms with E-state index >= 15 is 0 Å². The van der Waals surface area contributed by atoms with Crippen molar-refractivity contribution in [3.05, 3.63) is 51.9 Å². The molecule has 1 N–H and O–H groups in total. The molecular weight excluding hydrogens is 286 g/mol. The second kappa shape index (κ2) is 7.53. The maximum Gasteiger partial charge on any atom is 0.146 e. The smallest absolute Gasteiger partial charge is 0.146 e. The molecule has 0 saturated heterocycles. The van der Waals surface area contributed by atoms with E-state index in [-0.39, 0.29) is 0 Å². The Hall–Kier alpha value is -1.45. The van der Waals surface area contributed by atoms with Crippen molar-refractivity contribution in [2.75, 3.05) is 6.54 Å². The number of ether oxygens (including phenoxy) is 1. The van der Waals surface area contributed by atoms with Gasteiger partial charge in [0, 0.05) is 17.1 Å². The molecular formula is C17H22ClNO2. The van der Waals surface area contributed by atoms with Gasteiger partial charge in [-0.2, -0.15) is 0 Å². The third kappa shape index (κ3) is 4.26. The van der Waals surface area contributed by atoms with E-state index in [1.807, 2.05) is 32.0 Å². The number of hydrogen-bond donors (Lipinski definition) is 1. The Morgan fingerprint density at radius 3 is 2.62 bits per heavy atom. The summed E-state index contributed by atoms with van der Waals surface area (Å²) in [7, 11) is 0. The number of halogens is 1. The summed E-state index contributed by atoms with van der Waals surface area (Å²) in [6.45, 7) is 8.35. The zero-order valence-corrected chi connectivity index (χ0v) is 13.6. The van der Waals surface area contributed by atoms with Gasteiger partial charge in [0.2, 0.25) is 0 Å². The standard InChI is InChI=1S/C17H22ClNO2/c1-4-6-19-10-14-5-7-20-16(14)11-21-15-8-12(2)17(18)13(3)9-15/h5,7-9,19H,4,6,10-11H2,1-3H3. The molecule has 2 rings (SSSR count). The Kier molecular flexibility index (Phi) is 5.71. The van der Waals surface area contributed by atoms with Crippen molar-refractivity contribution in [3.8, 4) is 5.75 Å². The van der Waals surface area contributed by atoms with Gasteiger partial charge in [-0.3, -0.25) is 0 Å². The second-order valence-corrected chi connectivity index (χ2v) is 5.58. The van der Waals surface area contributed by atoms with E-state index in [0.29, 0.717) is 6.61 Å². The van der Waals surface area contributed by atoms with Crippen LogP contribution in [0, 0.1) is 13.8 Å². The Labute approximate surface area is 131 Å². The zero-order chi connectivity index (χ0) is 15.2. The third-order valence-electron chi connectivity index (χ3n) is 3.36. The lowest BCUT2D eigenvalue weighted by Gasteiger charge is -2.10. The van der Waals surface area contributed by atoms with Crippen LogP contribution in [-0.2, 0) is 13.2 Å². The van der Waals surface area contributed by atoms with Crippen molar-refractivity contribution >= 4 is 11.6 Å². The van der Waals surface area contributed by atoms with Crippen molar-refractivity contribution in [1.29, 1.82) is 0 Å². The Morgan fingerprint density at radius 1 is 1.24 bits per heavy atom. The van der Waals surface area contributed by atoms with Crippen LogP contribution in [0.3, 0.4) is 0 Å². The molecule has 3 nitrogen and oxygen atoms in total. The number of nitrogens with one attached hydrogen (secondary N) is 1. The molecule has 4 heteroatoms. The van der Waals surface area contributed by atoms with Gasteiger partial charge in [-0.25, -0.2) is 0 Å². The van der Waals surface area contributed by atoms with Gasteiger partial charge in [-0.05, 0) is 56.1 Å². The van der Waals surface area contributed by atoms with Crippen molar-refractivity contribution in [3.63, 3.8) is 0 Å². The highest BCUT2D eigenvalue weighted by Gasteiger charge is 2.08. The molecule has 0 aliphatic carbocycles. The summed E-state index contributed by atoms with van der Waals surface area (Å²) in [4.78, 5) is 0. The van der Waals surface area contributed by atoms with Crippen LogP contribution in [0.5, 0.6) is 5.75 Å². The van der Waals surface area contributed by atoms with Crippen LogP contribution in [0.15, 0.2) is 28.9 Å². The minimum absolute atomic E-state index is 0.427. The lowest BCUT2D eigenvalue weighted by molar-refractivity contribution is 0.268. The molecule has 0 amide bonds. The van der Waals surface area contributed by atoms with E-state index in [9.17, 15) is 0 Å². The summed E-state index contributed by atoms with van der Waals surface area (Å²) in [5, 5.41) is 4.16. The van der Waals surface area contributed by atoms with Crippen LogP contribution < -0.4 is 10.1 Å². The summed E-state index contributed by atoms with van der Waals surface area (Å²) in [5.74, 6) is 1.68. The highest BCUT2D eigenvalue weighted by Crippen LogP contribution is 2.26. The van der Waals surface area contributed by atoms with Gasteiger partial charge in [-0.15, -0.1) is 0 Å². The fourth-order valence-electron chi connectivity index (χ4n) is 2.19. The largest absolute Gasteiger partial charge is 0.486 e. The first-order chi connectivity index (χ1) is 10.1. The van der Waals surface area contributed by atoms with Gasteiger partial charge in [-0.1, -0.05) is 18.5 Å². The van der Waals surface area contributed by atoms with E-state index in [1.165, 1.54) is 0 Å². The Morgan fingerprint density at radius 2 is 1.95 bits per heavy atom. The molecule has 21 heavy (non-hydrogen) atoms. The number of hydrogen-bond acceptors (Lipinski definition) is 3. The summed E-state index contributed by atoms with van der Waals surface area (Å²) in [6.07, 6.45) is 2.83. The molecule has 1 aromatic heterocycles. The first kappa shape index (κ1) is 15.9. The average Bonchev–Trinajstić information content (AvgIpc) is 2.90. The predicted octanol–water partition coefficient (Wildman–Crippen LogP) is 4.63. The molecule has 0 aliphatic heterocycles. The van der Waals surface area contributed by atoms with Crippen molar-refractivity contribution in [2.45, 2.75) is 40.3 Å². The highest BCUT2D eigenvalue weighted by atomic mass is 35.5. The molecule has 114 valence electrons. The first-order valence-electron chi connectivity index (χ1n) is 7.27. The lowest BCUT2D eigenvalue weighted by Crippen LogP contribution is -2.14. The second-order valence-electron chi connectivity index (χ2n) is 5.21. The molecule has 0 saturated carbocycles. The topological polar surface area (TPSA) is 34.4 Å². The van der Waals surface area contributed by atoms with E-state index in [0.717, 1.165) is 52.7 Å². The number of furan rings is 1. The van der Waals surface area contributed by atoms with E-state index in [2.05, 4.69) is 12.2 Å². The number of aryl methyl sites for hydroxylation is 2. The fraction of sp³-hybridized carbons (Fsp3) is 0.412. The Bertz CT molecular complexity index is 569. The van der Waals surface area contributed by atoms with E-state index < -0.39 is 0 Å². The average molecular weight is 308 g/mol. The van der Waals surface area contributed by atoms with Crippen LogP contribution >= 0.6 is 11.6 Å². The van der Waals surface area contributed by atoms with Gasteiger partial charge in [0.15, 0.2) is 0 Å². The first-order valence-corrected chi connectivity index (χ1v) is 7.65. The molecule has 0 radical (unpaired) electrons. The Balaban J connectivity index is 1.99.